The highest BCUT2D eigenvalue weighted by atomic mass is 16.7. The second kappa shape index (κ2) is 8.68. The lowest BCUT2D eigenvalue weighted by atomic mass is 10.4. The summed E-state index contributed by atoms with van der Waals surface area (Å²) in [5.41, 5.74) is 0. The fourth-order valence-electron chi connectivity index (χ4n) is 2.52. The number of carbonyl (C=O) groups is 1. The first-order chi connectivity index (χ1) is 10.8. The predicted molar refractivity (Wildman–Crippen MR) is 78.7 cm³/mol. The molecule has 0 aromatic heterocycles. The predicted octanol–water partition coefficient (Wildman–Crippen LogP) is 0.510. The molecule has 2 heterocycles. The number of amidine groups is 1. The summed E-state index contributed by atoms with van der Waals surface area (Å²) >= 11 is 0. The van der Waals surface area contributed by atoms with E-state index in [9.17, 15) is 4.79 Å². The van der Waals surface area contributed by atoms with Crippen molar-refractivity contribution in [2.45, 2.75) is 26.1 Å². The first-order valence-corrected chi connectivity index (χ1v) is 7.60. The summed E-state index contributed by atoms with van der Waals surface area (Å²) < 4.78 is 10.1. The van der Waals surface area contributed by atoms with Gasteiger partial charge >= 0.3 is 11.8 Å². The van der Waals surface area contributed by atoms with Crippen LogP contribution in [0.25, 0.3) is 4.85 Å². The molecular weight excluding hydrogens is 288 g/mol. The van der Waals surface area contributed by atoms with Crippen LogP contribution in [0.4, 0.5) is 0 Å². The van der Waals surface area contributed by atoms with Gasteiger partial charge in [0.15, 0.2) is 0 Å². The number of carbonyl (C=O) groups excluding carboxylic acids is 1. The SMILES string of the molecule is [C-]#[N+]/C(=N\OC(N1CCCC1)N1CCOCC1)C(=O)OCC. The molecule has 2 fully saturated rings. The Morgan fingerprint density at radius 2 is 1.91 bits per heavy atom. The van der Waals surface area contributed by atoms with Crippen LogP contribution in [-0.2, 0) is 19.1 Å². The van der Waals surface area contributed by atoms with E-state index in [2.05, 4.69) is 19.8 Å². The largest absolute Gasteiger partial charge is 0.470 e. The molecule has 0 aliphatic carbocycles. The summed E-state index contributed by atoms with van der Waals surface area (Å²) in [6.07, 6.45) is 1.86. The molecule has 0 bridgehead atoms. The molecule has 8 nitrogen and oxygen atoms in total. The van der Waals surface area contributed by atoms with Crippen LogP contribution in [0, 0.1) is 6.57 Å². The van der Waals surface area contributed by atoms with Crippen LogP contribution in [0.3, 0.4) is 0 Å². The van der Waals surface area contributed by atoms with Crippen molar-refractivity contribution in [3.05, 3.63) is 11.4 Å². The highest BCUT2D eigenvalue weighted by molar-refractivity contribution is 6.39. The van der Waals surface area contributed by atoms with E-state index < -0.39 is 5.97 Å². The first kappa shape index (κ1) is 16.7. The molecule has 2 aliphatic rings. The summed E-state index contributed by atoms with van der Waals surface area (Å²) in [4.78, 5) is 24.5. The number of oxime groups is 1. The van der Waals surface area contributed by atoms with Crippen molar-refractivity contribution < 1.29 is 19.1 Å². The molecular formula is C14H22N4O4. The van der Waals surface area contributed by atoms with Crippen molar-refractivity contribution in [1.29, 1.82) is 0 Å². The minimum atomic E-state index is -0.750. The van der Waals surface area contributed by atoms with Crippen LogP contribution in [0.2, 0.25) is 0 Å². The van der Waals surface area contributed by atoms with E-state index in [-0.39, 0.29) is 18.8 Å². The van der Waals surface area contributed by atoms with Gasteiger partial charge in [0.25, 0.3) is 6.35 Å². The maximum absolute atomic E-state index is 11.6. The third kappa shape index (κ3) is 4.40. The van der Waals surface area contributed by atoms with Gasteiger partial charge in [0.1, 0.15) is 0 Å². The summed E-state index contributed by atoms with van der Waals surface area (Å²) in [6, 6.07) is 0. The van der Waals surface area contributed by atoms with E-state index in [4.69, 9.17) is 20.9 Å². The summed E-state index contributed by atoms with van der Waals surface area (Å²) in [7, 11) is 0. The molecule has 0 spiro atoms. The molecule has 2 aliphatic heterocycles. The topological polar surface area (TPSA) is 68.0 Å². The monoisotopic (exact) mass is 310 g/mol. The maximum Gasteiger partial charge on any atom is 0.398 e. The van der Waals surface area contributed by atoms with E-state index in [0.717, 1.165) is 39.0 Å². The lowest BCUT2D eigenvalue weighted by Crippen LogP contribution is -2.52. The molecule has 22 heavy (non-hydrogen) atoms. The Kier molecular flexibility index (Phi) is 6.58. The fraction of sp³-hybridized carbons (Fsp3) is 0.786. The van der Waals surface area contributed by atoms with Crippen molar-refractivity contribution in [2.75, 3.05) is 46.0 Å². The molecule has 1 atom stereocenters. The van der Waals surface area contributed by atoms with Crippen LogP contribution < -0.4 is 0 Å². The Morgan fingerprint density at radius 3 is 2.50 bits per heavy atom. The molecule has 1 unspecified atom stereocenters. The van der Waals surface area contributed by atoms with Gasteiger partial charge in [-0.2, -0.15) is 0 Å². The van der Waals surface area contributed by atoms with Crippen molar-refractivity contribution in [3.63, 3.8) is 0 Å². The van der Waals surface area contributed by atoms with E-state index >= 15 is 0 Å². The zero-order valence-corrected chi connectivity index (χ0v) is 12.9. The normalized spacial score (nSPS) is 22.1. The van der Waals surface area contributed by atoms with Crippen LogP contribution in [0.1, 0.15) is 19.8 Å². The van der Waals surface area contributed by atoms with Gasteiger partial charge in [0, 0.05) is 26.2 Å². The Bertz CT molecular complexity index is 437. The fourth-order valence-corrected chi connectivity index (χ4v) is 2.52. The van der Waals surface area contributed by atoms with Crippen molar-refractivity contribution in [2.24, 2.45) is 5.16 Å². The molecule has 8 heteroatoms. The molecule has 0 aromatic carbocycles. The smallest absolute Gasteiger partial charge is 0.398 e. The van der Waals surface area contributed by atoms with Gasteiger partial charge in [0.2, 0.25) is 0 Å². The third-order valence-corrected chi connectivity index (χ3v) is 3.61. The summed E-state index contributed by atoms with van der Waals surface area (Å²) in [5, 5.41) is 3.74. The molecule has 122 valence electrons. The molecule has 0 aromatic rings. The number of morpholine rings is 1. The van der Waals surface area contributed by atoms with Crippen LogP contribution in [-0.4, -0.2) is 74.0 Å². The molecule has 0 saturated carbocycles. The lowest BCUT2D eigenvalue weighted by molar-refractivity contribution is -0.167. The van der Waals surface area contributed by atoms with Crippen molar-refractivity contribution >= 4 is 11.8 Å². The van der Waals surface area contributed by atoms with Gasteiger partial charge < -0.3 is 14.3 Å². The van der Waals surface area contributed by atoms with Crippen molar-refractivity contribution in [1.82, 2.24) is 9.80 Å². The summed E-state index contributed by atoms with van der Waals surface area (Å²) in [5.74, 6) is -1.13. The van der Waals surface area contributed by atoms with E-state index in [1.807, 2.05) is 0 Å². The van der Waals surface area contributed by atoms with Gasteiger partial charge in [0.05, 0.1) is 25.0 Å². The van der Waals surface area contributed by atoms with Gasteiger partial charge in [-0.15, -0.1) is 0 Å². The number of likely N-dealkylation sites (tertiary alicyclic amines) is 1. The number of ether oxygens (including phenoxy) is 2. The Morgan fingerprint density at radius 1 is 1.27 bits per heavy atom. The van der Waals surface area contributed by atoms with Gasteiger partial charge in [-0.3, -0.25) is 14.5 Å². The Hall–Kier alpha value is -1.69. The first-order valence-electron chi connectivity index (χ1n) is 7.60. The number of nitrogens with zero attached hydrogens (tertiary/aromatic N) is 4. The zero-order chi connectivity index (χ0) is 15.8. The lowest BCUT2D eigenvalue weighted by Gasteiger charge is -2.35. The molecule has 2 rings (SSSR count). The van der Waals surface area contributed by atoms with Crippen molar-refractivity contribution in [3.8, 4) is 0 Å². The van der Waals surface area contributed by atoms with E-state index in [1.165, 1.54) is 0 Å². The molecule has 0 N–H and O–H groups in total. The quantitative estimate of drug-likeness (QED) is 0.242. The average molecular weight is 310 g/mol. The maximum atomic E-state index is 11.6. The number of esters is 1. The number of hydrogen-bond acceptors (Lipinski definition) is 7. The van der Waals surface area contributed by atoms with Gasteiger partial charge in [-0.05, 0) is 19.8 Å². The number of rotatable bonds is 5. The van der Waals surface area contributed by atoms with E-state index in [0.29, 0.717) is 13.2 Å². The number of hydrogen-bond donors (Lipinski definition) is 0. The minimum absolute atomic E-state index is 0.201. The minimum Gasteiger partial charge on any atom is -0.470 e. The van der Waals surface area contributed by atoms with E-state index in [1.54, 1.807) is 6.92 Å². The average Bonchev–Trinajstić information content (AvgIpc) is 3.07. The standard InChI is InChI=1S/C14H22N4O4/c1-3-21-13(19)12(15-2)16-22-14(17-6-4-5-7-17)18-8-10-20-11-9-18/h14H,3-11H2,1H3/b16-12-. The van der Waals surface area contributed by atoms with Crippen LogP contribution >= 0.6 is 0 Å². The highest BCUT2D eigenvalue weighted by Crippen LogP contribution is 2.17. The molecule has 0 radical (unpaired) electrons. The van der Waals surface area contributed by atoms with Crippen LogP contribution in [0.15, 0.2) is 5.16 Å². The summed E-state index contributed by atoms with van der Waals surface area (Å²) in [6.45, 7) is 13.5. The second-order valence-corrected chi connectivity index (χ2v) is 5.07. The Labute approximate surface area is 130 Å². The van der Waals surface area contributed by atoms with Gasteiger partial charge in [-0.1, -0.05) is 6.57 Å². The van der Waals surface area contributed by atoms with Crippen LogP contribution in [0.5, 0.6) is 0 Å². The highest BCUT2D eigenvalue weighted by Gasteiger charge is 2.32. The Balaban J connectivity index is 2.04. The third-order valence-electron chi connectivity index (χ3n) is 3.61. The molecule has 2 saturated heterocycles. The molecule has 0 amide bonds. The second-order valence-electron chi connectivity index (χ2n) is 5.07. The zero-order valence-electron chi connectivity index (χ0n) is 12.9. The van der Waals surface area contributed by atoms with Gasteiger partial charge in [-0.25, -0.2) is 4.90 Å².